The summed E-state index contributed by atoms with van der Waals surface area (Å²) < 4.78 is 25.8. The third-order valence-electron chi connectivity index (χ3n) is 4.34. The lowest BCUT2D eigenvalue weighted by molar-refractivity contribution is 0.242. The topological polar surface area (TPSA) is 78.2 Å². The molecule has 0 spiro atoms. The van der Waals surface area contributed by atoms with Crippen LogP contribution in [0.5, 0.6) is 0 Å². The molecular weight excluding hydrogens is 334 g/mol. The van der Waals surface area contributed by atoms with Crippen LogP contribution >= 0.6 is 11.6 Å². The van der Waals surface area contributed by atoms with Gasteiger partial charge in [-0.2, -0.15) is 5.26 Å². The van der Waals surface area contributed by atoms with Gasteiger partial charge in [-0.05, 0) is 29.8 Å². The van der Waals surface area contributed by atoms with Crippen molar-refractivity contribution in [3.63, 3.8) is 0 Å². The van der Waals surface area contributed by atoms with Gasteiger partial charge < -0.3 is 5.11 Å². The molecule has 0 heterocycles. The summed E-state index contributed by atoms with van der Waals surface area (Å²) in [5.41, 5.74) is -0.683. The number of sulfone groups is 1. The van der Waals surface area contributed by atoms with Crippen molar-refractivity contribution in [2.45, 2.75) is 16.1 Å². The second-order valence-corrected chi connectivity index (χ2v) is 8.13. The maximum Gasteiger partial charge on any atom is 0.183 e. The van der Waals surface area contributed by atoms with Gasteiger partial charge in [0.25, 0.3) is 0 Å². The minimum atomic E-state index is -3.73. The van der Waals surface area contributed by atoms with Crippen LogP contribution in [0.3, 0.4) is 0 Å². The van der Waals surface area contributed by atoms with E-state index in [1.165, 1.54) is 12.1 Å². The maximum absolute atomic E-state index is 12.9. The van der Waals surface area contributed by atoms with E-state index in [1.807, 2.05) is 6.07 Å². The Labute approximate surface area is 139 Å². The Kier molecular flexibility index (Phi) is 3.93. The van der Waals surface area contributed by atoms with Crippen molar-refractivity contribution in [2.75, 3.05) is 6.61 Å². The molecule has 1 fully saturated rings. The Bertz CT molecular complexity index is 876. The van der Waals surface area contributed by atoms with Crippen LogP contribution in [0.15, 0.2) is 59.5 Å². The molecule has 3 atom stereocenters. The van der Waals surface area contributed by atoms with E-state index >= 15 is 0 Å². The molecule has 1 aliphatic rings. The number of nitriles is 1. The summed E-state index contributed by atoms with van der Waals surface area (Å²) in [6.07, 6.45) is 0. The van der Waals surface area contributed by atoms with Crippen molar-refractivity contribution >= 4 is 21.4 Å². The average Bonchev–Trinajstić information content (AvgIpc) is 3.26. The summed E-state index contributed by atoms with van der Waals surface area (Å²) in [6.45, 7) is -0.516. The minimum Gasteiger partial charge on any atom is -0.395 e. The Hall–Kier alpha value is -1.87. The van der Waals surface area contributed by atoms with Gasteiger partial charge in [0.15, 0.2) is 9.84 Å². The smallest absolute Gasteiger partial charge is 0.183 e. The summed E-state index contributed by atoms with van der Waals surface area (Å²) in [5.74, 6) is -0.596. The maximum atomic E-state index is 12.9. The lowest BCUT2D eigenvalue weighted by Gasteiger charge is -2.05. The second-order valence-electron chi connectivity index (χ2n) is 5.62. The molecule has 1 aliphatic carbocycles. The van der Waals surface area contributed by atoms with E-state index in [0.717, 1.165) is 0 Å². The SMILES string of the molecule is N#CC1(CO)C(c2cccc(Cl)c2)C1S(=O)(=O)c1ccccc1. The third kappa shape index (κ3) is 2.43. The number of halogens is 1. The molecular formula is C17H14ClNO3S. The van der Waals surface area contributed by atoms with E-state index in [9.17, 15) is 18.8 Å². The van der Waals surface area contributed by atoms with E-state index in [0.29, 0.717) is 10.6 Å². The van der Waals surface area contributed by atoms with Gasteiger partial charge in [-0.3, -0.25) is 0 Å². The zero-order valence-corrected chi connectivity index (χ0v) is 13.6. The highest BCUT2D eigenvalue weighted by Gasteiger charge is 2.72. The first-order chi connectivity index (χ1) is 11.0. The van der Waals surface area contributed by atoms with Crippen molar-refractivity contribution in [1.29, 1.82) is 5.26 Å². The zero-order chi connectivity index (χ0) is 16.7. The molecule has 118 valence electrons. The minimum absolute atomic E-state index is 0.155. The monoisotopic (exact) mass is 347 g/mol. The number of benzene rings is 2. The highest BCUT2D eigenvalue weighted by atomic mass is 35.5. The van der Waals surface area contributed by atoms with Gasteiger partial charge in [0.2, 0.25) is 0 Å². The lowest BCUT2D eigenvalue weighted by Crippen LogP contribution is -2.18. The van der Waals surface area contributed by atoms with Gasteiger partial charge in [-0.25, -0.2) is 8.42 Å². The number of aliphatic hydroxyl groups excluding tert-OH is 1. The Morgan fingerprint density at radius 2 is 1.87 bits per heavy atom. The molecule has 2 aromatic rings. The van der Waals surface area contributed by atoms with E-state index in [1.54, 1.807) is 42.5 Å². The van der Waals surface area contributed by atoms with Gasteiger partial charge in [0, 0.05) is 10.9 Å². The number of hydrogen-bond donors (Lipinski definition) is 1. The predicted molar refractivity (Wildman–Crippen MR) is 86.7 cm³/mol. The summed E-state index contributed by atoms with van der Waals surface area (Å²) >= 11 is 5.98. The van der Waals surface area contributed by atoms with Crippen LogP contribution < -0.4 is 0 Å². The quantitative estimate of drug-likeness (QED) is 0.922. The predicted octanol–water partition coefficient (Wildman–Crippen LogP) is 2.78. The van der Waals surface area contributed by atoms with Gasteiger partial charge in [0.1, 0.15) is 5.41 Å². The van der Waals surface area contributed by atoms with Gasteiger partial charge in [0.05, 0.1) is 22.8 Å². The van der Waals surface area contributed by atoms with E-state index in [2.05, 4.69) is 0 Å². The van der Waals surface area contributed by atoms with Crippen LogP contribution in [0.25, 0.3) is 0 Å². The molecule has 3 rings (SSSR count). The molecule has 1 N–H and O–H groups in total. The first-order valence-electron chi connectivity index (χ1n) is 7.04. The molecule has 0 radical (unpaired) electrons. The standard InChI is InChI=1S/C17H14ClNO3S/c18-13-6-4-5-12(9-13)15-16(17(15,10-19)11-20)23(21,22)14-7-2-1-3-8-14/h1-9,15-16,20H,11H2. The van der Waals surface area contributed by atoms with Gasteiger partial charge in [-0.15, -0.1) is 0 Å². The molecule has 0 aromatic heterocycles. The number of hydrogen-bond acceptors (Lipinski definition) is 4. The van der Waals surface area contributed by atoms with Crippen LogP contribution in [0, 0.1) is 16.7 Å². The van der Waals surface area contributed by atoms with Crippen LogP contribution in [0.1, 0.15) is 11.5 Å². The fraction of sp³-hybridized carbons (Fsp3) is 0.235. The summed E-state index contributed by atoms with van der Waals surface area (Å²) in [6, 6.07) is 16.8. The second kappa shape index (κ2) is 5.64. The molecule has 4 nitrogen and oxygen atoms in total. The van der Waals surface area contributed by atoms with E-state index < -0.39 is 33.0 Å². The van der Waals surface area contributed by atoms with Crippen molar-refractivity contribution in [3.05, 3.63) is 65.2 Å². The highest BCUT2D eigenvalue weighted by Crippen LogP contribution is 2.63. The molecule has 0 bridgehead atoms. The summed E-state index contributed by atoms with van der Waals surface area (Å²) in [4.78, 5) is 0.155. The molecule has 2 aromatic carbocycles. The molecule has 0 aliphatic heterocycles. The van der Waals surface area contributed by atoms with Crippen LogP contribution in [-0.2, 0) is 9.84 Å². The Morgan fingerprint density at radius 3 is 2.43 bits per heavy atom. The largest absolute Gasteiger partial charge is 0.395 e. The Morgan fingerprint density at radius 1 is 1.17 bits per heavy atom. The highest BCUT2D eigenvalue weighted by molar-refractivity contribution is 7.92. The van der Waals surface area contributed by atoms with Crippen molar-refractivity contribution in [3.8, 4) is 6.07 Å². The van der Waals surface area contributed by atoms with Gasteiger partial charge >= 0.3 is 0 Å². The van der Waals surface area contributed by atoms with Crippen molar-refractivity contribution in [1.82, 2.24) is 0 Å². The molecule has 0 saturated heterocycles. The molecule has 23 heavy (non-hydrogen) atoms. The average molecular weight is 348 g/mol. The third-order valence-corrected chi connectivity index (χ3v) is 6.87. The van der Waals surface area contributed by atoms with Crippen LogP contribution in [-0.4, -0.2) is 25.4 Å². The number of nitrogens with zero attached hydrogens (tertiary/aromatic N) is 1. The normalized spacial score (nSPS) is 26.5. The molecule has 3 unspecified atom stereocenters. The fourth-order valence-corrected chi connectivity index (χ4v) is 5.68. The van der Waals surface area contributed by atoms with Crippen LogP contribution in [0.4, 0.5) is 0 Å². The Balaban J connectivity index is 2.10. The lowest BCUT2D eigenvalue weighted by atomic mass is 10.0. The fourth-order valence-electron chi connectivity index (χ4n) is 3.15. The first-order valence-corrected chi connectivity index (χ1v) is 8.96. The van der Waals surface area contributed by atoms with Crippen LogP contribution in [0.2, 0.25) is 5.02 Å². The molecule has 1 saturated carbocycles. The summed E-state index contributed by atoms with van der Waals surface area (Å²) in [7, 11) is -3.73. The molecule has 6 heteroatoms. The molecule has 0 amide bonds. The van der Waals surface area contributed by atoms with E-state index in [4.69, 9.17) is 11.6 Å². The van der Waals surface area contributed by atoms with Gasteiger partial charge in [-0.1, -0.05) is 41.9 Å². The first kappa shape index (κ1) is 16.0. The van der Waals surface area contributed by atoms with Crippen molar-refractivity contribution < 1.29 is 13.5 Å². The zero-order valence-electron chi connectivity index (χ0n) is 12.1. The summed E-state index contributed by atoms with van der Waals surface area (Å²) in [5, 5.41) is 18.7. The van der Waals surface area contributed by atoms with Crippen molar-refractivity contribution in [2.24, 2.45) is 5.41 Å². The number of rotatable bonds is 4. The number of aliphatic hydroxyl groups is 1. The van der Waals surface area contributed by atoms with E-state index in [-0.39, 0.29) is 4.90 Å².